The van der Waals surface area contributed by atoms with Gasteiger partial charge >= 0.3 is 6.03 Å². The maximum absolute atomic E-state index is 12.1. The summed E-state index contributed by atoms with van der Waals surface area (Å²) < 4.78 is 10.1. The van der Waals surface area contributed by atoms with Gasteiger partial charge in [-0.05, 0) is 30.3 Å². The monoisotopic (exact) mass is 349 g/mol. The van der Waals surface area contributed by atoms with Crippen LogP contribution in [-0.2, 0) is 0 Å². The van der Waals surface area contributed by atoms with Gasteiger partial charge in [-0.25, -0.2) is 4.79 Å². The molecule has 0 aromatic heterocycles. The first-order valence-corrected chi connectivity index (χ1v) is 7.13. The van der Waals surface area contributed by atoms with Crippen LogP contribution in [0.25, 0.3) is 0 Å². The molecule has 2 amide bonds. The van der Waals surface area contributed by atoms with Crippen LogP contribution in [-0.4, -0.2) is 26.2 Å². The van der Waals surface area contributed by atoms with Crippen molar-refractivity contribution in [2.24, 2.45) is 0 Å². The van der Waals surface area contributed by atoms with Crippen LogP contribution in [0.2, 0.25) is 5.02 Å². The molecule has 126 valence electrons. The van der Waals surface area contributed by atoms with Crippen molar-refractivity contribution in [2.45, 2.75) is 0 Å². The number of halogens is 1. The standard InChI is InChI=1S/C16H15ClN2O5/c1-23-13-7-11(15(20)21)12(8-14(13)24-2)19-16(22)18-10-5-3-9(17)4-6-10/h3-8H,1-2H3,(H,20,21)(H2,18,19,22)/p-1. The van der Waals surface area contributed by atoms with Gasteiger partial charge in [0, 0.05) is 22.3 Å². The number of carbonyl (C=O) groups is 2. The number of benzene rings is 2. The van der Waals surface area contributed by atoms with Crippen molar-refractivity contribution in [3.63, 3.8) is 0 Å². The Bertz CT molecular complexity index is 762. The van der Waals surface area contributed by atoms with Gasteiger partial charge in [0.2, 0.25) is 0 Å². The van der Waals surface area contributed by atoms with E-state index in [1.165, 1.54) is 26.4 Å². The summed E-state index contributed by atoms with van der Waals surface area (Å²) in [4.78, 5) is 23.3. The Morgan fingerprint density at radius 1 is 1.00 bits per heavy atom. The van der Waals surface area contributed by atoms with E-state index in [1.54, 1.807) is 24.3 Å². The Balaban J connectivity index is 2.25. The average Bonchev–Trinajstić information content (AvgIpc) is 2.56. The second-order valence-electron chi connectivity index (χ2n) is 4.63. The van der Waals surface area contributed by atoms with E-state index in [9.17, 15) is 14.7 Å². The third-order valence-electron chi connectivity index (χ3n) is 3.09. The van der Waals surface area contributed by atoms with Gasteiger partial charge in [0.15, 0.2) is 11.5 Å². The number of carboxylic acid groups (broad SMARTS) is 1. The van der Waals surface area contributed by atoms with Crippen LogP contribution in [0.3, 0.4) is 0 Å². The lowest BCUT2D eigenvalue weighted by Gasteiger charge is -2.16. The van der Waals surface area contributed by atoms with Crippen LogP contribution in [0.4, 0.5) is 16.2 Å². The molecule has 0 aliphatic heterocycles. The number of anilines is 2. The predicted octanol–water partition coefficient (Wildman–Crippen LogP) is 2.36. The molecule has 2 aromatic carbocycles. The molecule has 24 heavy (non-hydrogen) atoms. The van der Waals surface area contributed by atoms with Crippen molar-refractivity contribution in [1.82, 2.24) is 0 Å². The quantitative estimate of drug-likeness (QED) is 0.863. The lowest BCUT2D eigenvalue weighted by Crippen LogP contribution is -2.26. The van der Waals surface area contributed by atoms with Gasteiger partial charge in [0.05, 0.1) is 25.9 Å². The molecule has 0 atom stereocenters. The van der Waals surface area contributed by atoms with E-state index < -0.39 is 12.0 Å². The third-order valence-corrected chi connectivity index (χ3v) is 3.35. The molecule has 8 heteroatoms. The number of urea groups is 1. The van der Waals surface area contributed by atoms with Crippen molar-refractivity contribution in [3.05, 3.63) is 47.0 Å². The lowest BCUT2D eigenvalue weighted by molar-refractivity contribution is -0.254. The molecule has 0 bridgehead atoms. The van der Waals surface area contributed by atoms with Gasteiger partial charge in [-0.15, -0.1) is 0 Å². The van der Waals surface area contributed by atoms with E-state index in [0.29, 0.717) is 10.7 Å². The van der Waals surface area contributed by atoms with Crippen molar-refractivity contribution >= 4 is 35.0 Å². The number of carboxylic acids is 1. The Morgan fingerprint density at radius 3 is 2.12 bits per heavy atom. The second-order valence-corrected chi connectivity index (χ2v) is 5.06. The highest BCUT2D eigenvalue weighted by Gasteiger charge is 2.14. The highest BCUT2D eigenvalue weighted by Crippen LogP contribution is 2.33. The Labute approximate surface area is 143 Å². The molecule has 0 fully saturated rings. The first-order chi connectivity index (χ1) is 11.4. The van der Waals surface area contributed by atoms with Gasteiger partial charge in [-0.1, -0.05) is 11.6 Å². The maximum atomic E-state index is 12.1. The Hall–Kier alpha value is -2.93. The van der Waals surface area contributed by atoms with E-state index in [4.69, 9.17) is 21.1 Å². The minimum Gasteiger partial charge on any atom is -0.545 e. The van der Waals surface area contributed by atoms with Crippen molar-refractivity contribution < 1.29 is 24.2 Å². The summed E-state index contributed by atoms with van der Waals surface area (Å²) in [6, 6.07) is 8.36. The van der Waals surface area contributed by atoms with Crippen LogP contribution >= 0.6 is 11.6 Å². The topological polar surface area (TPSA) is 99.7 Å². The first kappa shape index (κ1) is 17.4. The van der Waals surface area contributed by atoms with Gasteiger partial charge in [-0.2, -0.15) is 0 Å². The first-order valence-electron chi connectivity index (χ1n) is 6.75. The number of methoxy groups -OCH3 is 2. The van der Waals surface area contributed by atoms with Crippen LogP contribution in [0, 0.1) is 0 Å². The van der Waals surface area contributed by atoms with Crippen LogP contribution in [0.5, 0.6) is 11.5 Å². The molecular weight excluding hydrogens is 336 g/mol. The van der Waals surface area contributed by atoms with E-state index in [-0.39, 0.29) is 22.7 Å². The molecule has 0 saturated heterocycles. The largest absolute Gasteiger partial charge is 0.545 e. The molecule has 0 spiro atoms. The fraction of sp³-hybridized carbons (Fsp3) is 0.125. The van der Waals surface area contributed by atoms with Crippen LogP contribution in [0.1, 0.15) is 10.4 Å². The molecular formula is C16H14ClN2O5-. The average molecular weight is 350 g/mol. The van der Waals surface area contributed by atoms with E-state index in [0.717, 1.165) is 0 Å². The maximum Gasteiger partial charge on any atom is 0.323 e. The normalized spacial score (nSPS) is 9.96. The Morgan fingerprint density at radius 2 is 1.58 bits per heavy atom. The molecule has 2 aromatic rings. The molecule has 2 rings (SSSR count). The number of carbonyl (C=O) groups excluding carboxylic acids is 2. The van der Waals surface area contributed by atoms with Crippen molar-refractivity contribution in [2.75, 3.05) is 24.9 Å². The van der Waals surface area contributed by atoms with Crippen LogP contribution in [0.15, 0.2) is 36.4 Å². The Kier molecular flexibility index (Phi) is 5.49. The molecule has 0 aliphatic carbocycles. The smallest absolute Gasteiger partial charge is 0.323 e. The fourth-order valence-electron chi connectivity index (χ4n) is 1.97. The highest BCUT2D eigenvalue weighted by atomic mass is 35.5. The van der Waals surface area contributed by atoms with Gasteiger partial charge in [-0.3, -0.25) is 0 Å². The third kappa shape index (κ3) is 4.08. The minimum atomic E-state index is -1.46. The summed E-state index contributed by atoms with van der Waals surface area (Å²) in [7, 11) is 2.77. The van der Waals surface area contributed by atoms with Crippen molar-refractivity contribution in [3.8, 4) is 11.5 Å². The van der Waals surface area contributed by atoms with Crippen molar-refractivity contribution in [1.29, 1.82) is 0 Å². The second kappa shape index (κ2) is 7.56. The summed E-state index contributed by atoms with van der Waals surface area (Å²) in [6.45, 7) is 0. The highest BCUT2D eigenvalue weighted by molar-refractivity contribution is 6.30. The summed E-state index contributed by atoms with van der Waals surface area (Å²) >= 11 is 5.77. The molecule has 0 radical (unpaired) electrons. The summed E-state index contributed by atoms with van der Waals surface area (Å²) in [5.41, 5.74) is 0.269. The number of aromatic carboxylic acids is 1. The van der Waals surface area contributed by atoms with E-state index >= 15 is 0 Å². The molecule has 2 N–H and O–H groups in total. The zero-order valence-electron chi connectivity index (χ0n) is 12.9. The fourth-order valence-corrected chi connectivity index (χ4v) is 2.10. The molecule has 7 nitrogen and oxygen atoms in total. The van der Waals surface area contributed by atoms with Gasteiger partial charge < -0.3 is 30.0 Å². The number of hydrogen-bond donors (Lipinski definition) is 2. The zero-order valence-corrected chi connectivity index (χ0v) is 13.6. The number of hydrogen-bond acceptors (Lipinski definition) is 5. The number of ether oxygens (including phenoxy) is 2. The SMILES string of the molecule is COc1cc(NC(=O)Nc2ccc(Cl)cc2)c(C(=O)[O-])cc1OC. The lowest BCUT2D eigenvalue weighted by atomic mass is 10.1. The van der Waals surface area contributed by atoms with Gasteiger partial charge in [0.1, 0.15) is 0 Å². The molecule has 0 aliphatic rings. The summed E-state index contributed by atoms with van der Waals surface area (Å²) in [5, 5.41) is 16.8. The summed E-state index contributed by atoms with van der Waals surface area (Å²) in [5.74, 6) is -0.984. The van der Waals surface area contributed by atoms with E-state index in [1.807, 2.05) is 0 Å². The summed E-state index contributed by atoms with van der Waals surface area (Å²) in [6.07, 6.45) is 0. The van der Waals surface area contributed by atoms with Gasteiger partial charge in [0.25, 0.3) is 0 Å². The molecule has 0 heterocycles. The number of rotatable bonds is 5. The van der Waals surface area contributed by atoms with Crippen LogP contribution < -0.4 is 25.2 Å². The number of amides is 2. The number of nitrogens with one attached hydrogen (secondary N) is 2. The minimum absolute atomic E-state index is 0.0131. The molecule has 0 saturated carbocycles. The van der Waals surface area contributed by atoms with E-state index in [2.05, 4.69) is 10.6 Å². The zero-order chi connectivity index (χ0) is 17.7. The predicted molar refractivity (Wildman–Crippen MR) is 88.0 cm³/mol. The molecule has 0 unspecified atom stereocenters.